The van der Waals surface area contributed by atoms with E-state index in [4.69, 9.17) is 9.26 Å². The number of carbonyl (C=O) groups excluding carboxylic acids is 2. The number of likely N-dealkylation sites (tertiary alicyclic amines) is 2. The highest BCUT2D eigenvalue weighted by Crippen LogP contribution is 2.35. The molecule has 0 saturated carbocycles. The molecule has 1 unspecified atom stereocenters. The van der Waals surface area contributed by atoms with Crippen molar-refractivity contribution in [2.24, 2.45) is 0 Å². The highest BCUT2D eigenvalue weighted by molar-refractivity contribution is 5.87. The van der Waals surface area contributed by atoms with E-state index >= 15 is 0 Å². The lowest BCUT2D eigenvalue weighted by atomic mass is 9.92. The van der Waals surface area contributed by atoms with Crippen LogP contribution in [0.15, 0.2) is 10.6 Å². The molecule has 2 fully saturated rings. The van der Waals surface area contributed by atoms with E-state index in [1.165, 1.54) is 4.90 Å². The zero-order valence-electron chi connectivity index (χ0n) is 15.8. The van der Waals surface area contributed by atoms with Crippen LogP contribution < -0.4 is 0 Å². The molecule has 3 heterocycles. The van der Waals surface area contributed by atoms with E-state index in [1.807, 2.05) is 20.8 Å². The van der Waals surface area contributed by atoms with Gasteiger partial charge < -0.3 is 24.2 Å². The summed E-state index contributed by atoms with van der Waals surface area (Å²) < 4.78 is 10.8. The SMILES string of the molecule is CN1CC[C@@](O)(c2cc(C3CCCN(C(=O)OC(C)(C)C)C3)no2)C1=O. The van der Waals surface area contributed by atoms with Crippen LogP contribution >= 0.6 is 0 Å². The molecule has 3 rings (SSSR count). The summed E-state index contributed by atoms with van der Waals surface area (Å²) in [5, 5.41) is 14.7. The van der Waals surface area contributed by atoms with Gasteiger partial charge in [0.15, 0.2) is 5.76 Å². The number of aliphatic hydroxyl groups is 1. The van der Waals surface area contributed by atoms with Gasteiger partial charge in [0, 0.05) is 45.1 Å². The first-order chi connectivity index (χ1) is 12.1. The van der Waals surface area contributed by atoms with Crippen molar-refractivity contribution in [3.8, 4) is 0 Å². The number of amides is 2. The van der Waals surface area contributed by atoms with Crippen LogP contribution in [0.1, 0.15) is 57.4 Å². The lowest BCUT2D eigenvalue weighted by Gasteiger charge is -2.33. The topological polar surface area (TPSA) is 96.1 Å². The zero-order chi connectivity index (χ0) is 19.1. The molecule has 0 aromatic carbocycles. The van der Waals surface area contributed by atoms with Crippen LogP contribution in [-0.2, 0) is 15.1 Å². The molecule has 2 amide bonds. The van der Waals surface area contributed by atoms with Crippen molar-refractivity contribution in [1.82, 2.24) is 15.0 Å². The molecule has 8 heteroatoms. The molecule has 144 valence electrons. The minimum Gasteiger partial charge on any atom is -0.444 e. The summed E-state index contributed by atoms with van der Waals surface area (Å²) in [4.78, 5) is 27.7. The van der Waals surface area contributed by atoms with Crippen molar-refractivity contribution in [1.29, 1.82) is 0 Å². The summed E-state index contributed by atoms with van der Waals surface area (Å²) in [6.45, 7) is 7.11. The molecule has 2 atom stereocenters. The third kappa shape index (κ3) is 3.56. The summed E-state index contributed by atoms with van der Waals surface area (Å²) in [7, 11) is 1.65. The number of hydrogen-bond donors (Lipinski definition) is 1. The lowest BCUT2D eigenvalue weighted by Crippen LogP contribution is -2.42. The number of carbonyl (C=O) groups is 2. The number of piperidine rings is 1. The minimum atomic E-state index is -1.64. The Kier molecular flexibility index (Phi) is 4.72. The normalized spacial score (nSPS) is 27.1. The summed E-state index contributed by atoms with van der Waals surface area (Å²) in [5.41, 5.74) is -1.52. The minimum absolute atomic E-state index is 0.00777. The number of ether oxygens (including phenoxy) is 1. The zero-order valence-corrected chi connectivity index (χ0v) is 15.8. The van der Waals surface area contributed by atoms with Crippen molar-refractivity contribution >= 4 is 12.0 Å². The fraction of sp³-hybridized carbons (Fsp3) is 0.722. The molecule has 0 radical (unpaired) electrons. The predicted molar refractivity (Wildman–Crippen MR) is 92.4 cm³/mol. The Morgan fingerprint density at radius 2 is 2.15 bits per heavy atom. The quantitative estimate of drug-likeness (QED) is 0.859. The van der Waals surface area contributed by atoms with Gasteiger partial charge in [-0.2, -0.15) is 0 Å². The Labute approximate surface area is 153 Å². The molecule has 2 aliphatic heterocycles. The molecule has 0 aliphatic carbocycles. The van der Waals surface area contributed by atoms with Crippen molar-refractivity contribution in [2.75, 3.05) is 26.7 Å². The van der Waals surface area contributed by atoms with E-state index in [2.05, 4.69) is 5.16 Å². The summed E-state index contributed by atoms with van der Waals surface area (Å²) in [6, 6.07) is 1.65. The third-order valence-electron chi connectivity index (χ3n) is 4.94. The number of likely N-dealkylation sites (N-methyl/N-ethyl adjacent to an activating group) is 1. The van der Waals surface area contributed by atoms with Gasteiger partial charge in [-0.15, -0.1) is 0 Å². The second kappa shape index (κ2) is 6.57. The predicted octanol–water partition coefficient (Wildman–Crippen LogP) is 1.84. The van der Waals surface area contributed by atoms with Crippen LogP contribution in [0.25, 0.3) is 0 Å². The van der Waals surface area contributed by atoms with Gasteiger partial charge in [0.1, 0.15) is 5.60 Å². The molecule has 2 saturated heterocycles. The molecule has 0 bridgehead atoms. The second-order valence-electron chi connectivity index (χ2n) is 8.22. The first-order valence-corrected chi connectivity index (χ1v) is 9.03. The second-order valence-corrected chi connectivity index (χ2v) is 8.22. The van der Waals surface area contributed by atoms with E-state index in [9.17, 15) is 14.7 Å². The summed E-state index contributed by atoms with van der Waals surface area (Å²) in [6.07, 6.45) is 1.64. The molecular formula is C18H27N3O5. The molecule has 8 nitrogen and oxygen atoms in total. The first-order valence-electron chi connectivity index (χ1n) is 9.03. The molecule has 26 heavy (non-hydrogen) atoms. The lowest BCUT2D eigenvalue weighted by molar-refractivity contribution is -0.144. The number of aromatic nitrogens is 1. The van der Waals surface area contributed by atoms with Gasteiger partial charge in [0.05, 0.1) is 5.69 Å². The van der Waals surface area contributed by atoms with Crippen molar-refractivity contribution < 1.29 is 24.0 Å². The Morgan fingerprint density at radius 3 is 2.77 bits per heavy atom. The smallest absolute Gasteiger partial charge is 0.410 e. The van der Waals surface area contributed by atoms with Gasteiger partial charge in [-0.3, -0.25) is 4.79 Å². The fourth-order valence-electron chi connectivity index (χ4n) is 3.47. The highest BCUT2D eigenvalue weighted by atomic mass is 16.6. The third-order valence-corrected chi connectivity index (χ3v) is 4.94. The van der Waals surface area contributed by atoms with Crippen molar-refractivity contribution in [3.05, 3.63) is 17.5 Å². The maximum Gasteiger partial charge on any atom is 0.410 e. The van der Waals surface area contributed by atoms with Crippen LogP contribution in [0.4, 0.5) is 4.79 Å². The molecule has 0 spiro atoms. The van der Waals surface area contributed by atoms with Crippen LogP contribution in [0.2, 0.25) is 0 Å². The Hall–Kier alpha value is -2.09. The van der Waals surface area contributed by atoms with Gasteiger partial charge >= 0.3 is 6.09 Å². The Bertz CT molecular complexity index is 695. The number of rotatable bonds is 2. The van der Waals surface area contributed by atoms with E-state index in [0.717, 1.165) is 12.8 Å². The Morgan fingerprint density at radius 1 is 1.42 bits per heavy atom. The van der Waals surface area contributed by atoms with Crippen molar-refractivity contribution in [2.45, 2.75) is 57.2 Å². The molecule has 1 N–H and O–H groups in total. The van der Waals surface area contributed by atoms with E-state index in [-0.39, 0.29) is 30.1 Å². The van der Waals surface area contributed by atoms with E-state index in [0.29, 0.717) is 25.3 Å². The molecule has 1 aromatic rings. The average Bonchev–Trinajstić information content (AvgIpc) is 3.16. The average molecular weight is 365 g/mol. The maximum atomic E-state index is 12.3. The van der Waals surface area contributed by atoms with Gasteiger partial charge in [-0.25, -0.2) is 4.79 Å². The molecule has 2 aliphatic rings. The standard InChI is InChI=1S/C18H27N3O5/c1-17(2,3)25-16(23)21-8-5-6-12(11-21)13-10-14(26-19-13)18(24)7-9-20(4)15(18)22/h10,12,24H,5-9,11H2,1-4H3/t12?,18-/m1/s1. The summed E-state index contributed by atoms with van der Waals surface area (Å²) in [5.74, 6) is -0.206. The number of hydrogen-bond acceptors (Lipinski definition) is 6. The van der Waals surface area contributed by atoms with E-state index < -0.39 is 11.2 Å². The van der Waals surface area contributed by atoms with Crippen LogP contribution in [0.3, 0.4) is 0 Å². The van der Waals surface area contributed by atoms with Gasteiger partial charge in [-0.1, -0.05) is 5.16 Å². The highest BCUT2D eigenvalue weighted by Gasteiger charge is 2.48. The van der Waals surface area contributed by atoms with Gasteiger partial charge in [0.25, 0.3) is 5.91 Å². The largest absolute Gasteiger partial charge is 0.444 e. The number of nitrogens with zero attached hydrogens (tertiary/aromatic N) is 3. The summed E-state index contributed by atoms with van der Waals surface area (Å²) >= 11 is 0. The van der Waals surface area contributed by atoms with Crippen LogP contribution in [0, 0.1) is 0 Å². The fourth-order valence-corrected chi connectivity index (χ4v) is 3.47. The monoisotopic (exact) mass is 365 g/mol. The van der Waals surface area contributed by atoms with E-state index in [1.54, 1.807) is 18.0 Å². The Balaban J connectivity index is 1.71. The first kappa shape index (κ1) is 18.7. The van der Waals surface area contributed by atoms with Crippen LogP contribution in [0.5, 0.6) is 0 Å². The van der Waals surface area contributed by atoms with Crippen molar-refractivity contribution in [3.63, 3.8) is 0 Å². The van der Waals surface area contributed by atoms with Gasteiger partial charge in [0.2, 0.25) is 5.60 Å². The van der Waals surface area contributed by atoms with Crippen LogP contribution in [-0.4, -0.2) is 64.3 Å². The molecular weight excluding hydrogens is 338 g/mol. The molecule has 1 aromatic heterocycles. The van der Waals surface area contributed by atoms with Gasteiger partial charge in [-0.05, 0) is 33.6 Å². The maximum absolute atomic E-state index is 12.3.